The van der Waals surface area contributed by atoms with Crippen LogP contribution in [0.2, 0.25) is 5.02 Å². The minimum Gasteiger partial charge on any atom is -0.359 e. The Kier molecular flexibility index (Phi) is 4.11. The highest BCUT2D eigenvalue weighted by atomic mass is 35.5. The smallest absolute Gasteiger partial charge is 0.266 e. The van der Waals surface area contributed by atoms with Gasteiger partial charge >= 0.3 is 0 Å². The molecule has 0 atom stereocenters. The number of halogens is 1. The largest absolute Gasteiger partial charge is 0.359 e. The number of nitrogens with one attached hydrogen (secondary N) is 1. The van der Waals surface area contributed by atoms with Gasteiger partial charge in [0.05, 0.1) is 22.5 Å². The normalized spacial score (nSPS) is 10.8. The number of nitriles is 1. The van der Waals surface area contributed by atoms with Gasteiger partial charge in [-0.1, -0.05) is 35.0 Å². The molecule has 132 valence electrons. The molecule has 0 bridgehead atoms. The van der Waals surface area contributed by atoms with E-state index in [1.54, 1.807) is 30.5 Å². The summed E-state index contributed by atoms with van der Waals surface area (Å²) in [5.74, 6) is 0.469. The van der Waals surface area contributed by atoms with Crippen molar-refractivity contribution < 1.29 is 4.52 Å². The molecule has 4 aromatic rings. The molecule has 8 heteroatoms. The van der Waals surface area contributed by atoms with E-state index in [1.807, 2.05) is 18.2 Å². The fourth-order valence-electron chi connectivity index (χ4n) is 2.80. The molecule has 4 rings (SSSR count). The Balaban J connectivity index is 1.73. The summed E-state index contributed by atoms with van der Waals surface area (Å²) in [6, 6.07) is 13.6. The molecular formula is C19H11ClN4O3. The Bertz CT molecular complexity index is 1330. The lowest BCUT2D eigenvalue weighted by Gasteiger charge is -2.05. The van der Waals surface area contributed by atoms with E-state index in [0.29, 0.717) is 22.0 Å². The second-order valence-electron chi connectivity index (χ2n) is 5.86. The number of aromatic nitrogens is 3. The predicted octanol–water partition coefficient (Wildman–Crippen LogP) is 2.92. The molecule has 27 heavy (non-hydrogen) atoms. The monoisotopic (exact) mass is 378 g/mol. The minimum absolute atomic E-state index is 0.113. The van der Waals surface area contributed by atoms with Crippen LogP contribution >= 0.6 is 11.6 Å². The average molecular weight is 379 g/mol. The van der Waals surface area contributed by atoms with Crippen LogP contribution < -0.4 is 11.1 Å². The van der Waals surface area contributed by atoms with Crippen LogP contribution in [0.4, 0.5) is 0 Å². The number of fused-ring (bicyclic) bond motifs is 1. The third kappa shape index (κ3) is 3.03. The standard InChI is InChI=1S/C19H11ClN4O3/c20-15-4-2-1-3-13(15)17-8-12(27-23-17)10-24-6-5-16-14(19(24)26)7-11(9-21)18(25)22-16/h1-8H,10H2,(H,22,25). The summed E-state index contributed by atoms with van der Waals surface area (Å²) < 4.78 is 6.75. The van der Waals surface area contributed by atoms with Gasteiger partial charge in [0.1, 0.15) is 17.3 Å². The second kappa shape index (κ2) is 6.59. The van der Waals surface area contributed by atoms with Gasteiger partial charge in [-0.15, -0.1) is 0 Å². The van der Waals surface area contributed by atoms with Gasteiger partial charge in [-0.05, 0) is 18.2 Å². The van der Waals surface area contributed by atoms with Crippen molar-refractivity contribution in [1.82, 2.24) is 14.7 Å². The van der Waals surface area contributed by atoms with E-state index < -0.39 is 5.56 Å². The molecular weight excluding hydrogens is 368 g/mol. The molecule has 0 aliphatic heterocycles. The van der Waals surface area contributed by atoms with Gasteiger partial charge in [-0.2, -0.15) is 5.26 Å². The summed E-state index contributed by atoms with van der Waals surface area (Å²) in [5.41, 5.74) is 0.683. The third-order valence-electron chi connectivity index (χ3n) is 4.14. The number of hydrogen-bond donors (Lipinski definition) is 1. The van der Waals surface area contributed by atoms with Gasteiger partial charge in [0, 0.05) is 17.8 Å². The fraction of sp³-hybridized carbons (Fsp3) is 0.0526. The van der Waals surface area contributed by atoms with Crippen molar-refractivity contribution in [3.63, 3.8) is 0 Å². The van der Waals surface area contributed by atoms with Gasteiger partial charge in [-0.25, -0.2) is 0 Å². The maximum atomic E-state index is 12.7. The van der Waals surface area contributed by atoms with Crippen LogP contribution in [0, 0.1) is 11.3 Å². The van der Waals surface area contributed by atoms with Crippen molar-refractivity contribution >= 4 is 22.5 Å². The van der Waals surface area contributed by atoms with Crippen LogP contribution in [0.1, 0.15) is 11.3 Å². The van der Waals surface area contributed by atoms with E-state index >= 15 is 0 Å². The van der Waals surface area contributed by atoms with Gasteiger partial charge in [-0.3, -0.25) is 9.59 Å². The van der Waals surface area contributed by atoms with Crippen molar-refractivity contribution in [2.75, 3.05) is 0 Å². The predicted molar refractivity (Wildman–Crippen MR) is 99.6 cm³/mol. The molecule has 0 saturated heterocycles. The van der Waals surface area contributed by atoms with Crippen molar-refractivity contribution in [1.29, 1.82) is 5.26 Å². The Morgan fingerprint density at radius 2 is 2.04 bits per heavy atom. The SMILES string of the molecule is N#Cc1cc2c(=O)n(Cc3cc(-c4ccccc4Cl)no3)ccc2[nH]c1=O. The lowest BCUT2D eigenvalue weighted by atomic mass is 10.1. The van der Waals surface area contributed by atoms with Crippen molar-refractivity contribution in [2.24, 2.45) is 0 Å². The zero-order valence-electron chi connectivity index (χ0n) is 13.8. The average Bonchev–Trinajstić information content (AvgIpc) is 3.12. The summed E-state index contributed by atoms with van der Waals surface area (Å²) in [6.45, 7) is 0.146. The van der Waals surface area contributed by atoms with Crippen LogP contribution in [0.25, 0.3) is 22.2 Å². The Morgan fingerprint density at radius 3 is 2.81 bits per heavy atom. The highest BCUT2D eigenvalue weighted by Gasteiger charge is 2.12. The highest BCUT2D eigenvalue weighted by Crippen LogP contribution is 2.27. The number of H-pyrrole nitrogens is 1. The van der Waals surface area contributed by atoms with Crippen LogP contribution in [-0.4, -0.2) is 14.7 Å². The minimum atomic E-state index is -0.526. The first-order valence-corrected chi connectivity index (χ1v) is 8.31. The molecule has 0 saturated carbocycles. The van der Waals surface area contributed by atoms with Crippen LogP contribution in [-0.2, 0) is 6.54 Å². The molecule has 0 spiro atoms. The molecule has 0 amide bonds. The first kappa shape index (κ1) is 16.8. The third-order valence-corrected chi connectivity index (χ3v) is 4.47. The van der Waals surface area contributed by atoms with E-state index in [-0.39, 0.29) is 23.1 Å². The molecule has 1 aromatic carbocycles. The van der Waals surface area contributed by atoms with Gasteiger partial charge in [0.25, 0.3) is 11.1 Å². The van der Waals surface area contributed by atoms with Crippen molar-refractivity contribution in [2.45, 2.75) is 6.54 Å². The zero-order valence-corrected chi connectivity index (χ0v) is 14.5. The summed E-state index contributed by atoms with van der Waals surface area (Å²) in [7, 11) is 0. The molecule has 0 fully saturated rings. The van der Waals surface area contributed by atoms with Gasteiger partial charge in [0.15, 0.2) is 5.76 Å². The zero-order chi connectivity index (χ0) is 19.0. The van der Waals surface area contributed by atoms with Crippen molar-refractivity contribution in [3.8, 4) is 17.3 Å². The van der Waals surface area contributed by atoms with E-state index in [1.165, 1.54) is 10.6 Å². The summed E-state index contributed by atoms with van der Waals surface area (Å²) in [5, 5.41) is 13.8. The topological polar surface area (TPSA) is 105 Å². The molecule has 0 radical (unpaired) electrons. The first-order valence-electron chi connectivity index (χ1n) is 7.94. The molecule has 7 nitrogen and oxygen atoms in total. The second-order valence-corrected chi connectivity index (χ2v) is 6.27. The van der Waals surface area contributed by atoms with Crippen LogP contribution in [0.5, 0.6) is 0 Å². The molecule has 3 aromatic heterocycles. The highest BCUT2D eigenvalue weighted by molar-refractivity contribution is 6.33. The first-order chi connectivity index (χ1) is 13.1. The number of aromatic amines is 1. The van der Waals surface area contributed by atoms with E-state index in [4.69, 9.17) is 21.4 Å². The lowest BCUT2D eigenvalue weighted by molar-refractivity contribution is 0.377. The number of rotatable bonds is 3. The number of hydrogen-bond acceptors (Lipinski definition) is 5. The van der Waals surface area contributed by atoms with E-state index in [2.05, 4.69) is 10.1 Å². The molecule has 0 aliphatic rings. The molecule has 3 heterocycles. The Labute approximate surface area is 157 Å². The maximum absolute atomic E-state index is 12.7. The molecule has 0 unspecified atom stereocenters. The Morgan fingerprint density at radius 1 is 1.22 bits per heavy atom. The molecule has 0 aliphatic carbocycles. The maximum Gasteiger partial charge on any atom is 0.266 e. The number of benzene rings is 1. The quantitative estimate of drug-likeness (QED) is 0.590. The summed E-state index contributed by atoms with van der Waals surface area (Å²) >= 11 is 6.17. The van der Waals surface area contributed by atoms with Crippen LogP contribution in [0.3, 0.4) is 0 Å². The Hall–Kier alpha value is -3.63. The van der Waals surface area contributed by atoms with Crippen LogP contribution in [0.15, 0.2) is 62.8 Å². The summed E-state index contributed by atoms with van der Waals surface area (Å²) in [6.07, 6.45) is 1.55. The fourth-order valence-corrected chi connectivity index (χ4v) is 3.03. The van der Waals surface area contributed by atoms with Gasteiger partial charge < -0.3 is 14.1 Å². The van der Waals surface area contributed by atoms with Crippen molar-refractivity contribution in [3.05, 3.63) is 85.7 Å². The molecule has 1 N–H and O–H groups in total. The van der Waals surface area contributed by atoms with E-state index in [0.717, 1.165) is 5.56 Å². The summed E-state index contributed by atoms with van der Waals surface area (Å²) in [4.78, 5) is 26.9. The van der Waals surface area contributed by atoms with E-state index in [9.17, 15) is 9.59 Å². The number of pyridine rings is 2. The lowest BCUT2D eigenvalue weighted by Crippen LogP contribution is -2.22. The van der Waals surface area contributed by atoms with Gasteiger partial charge in [0.2, 0.25) is 0 Å². The number of nitrogens with zero attached hydrogens (tertiary/aromatic N) is 3.